The molecule has 4 nitrogen and oxygen atoms in total. The zero-order valence-electron chi connectivity index (χ0n) is 16.1. The first-order valence-electron chi connectivity index (χ1n) is 9.19. The van der Waals surface area contributed by atoms with Crippen LogP contribution in [0.15, 0.2) is 65.6 Å². The maximum absolute atomic E-state index is 12.9. The lowest BCUT2D eigenvalue weighted by Crippen LogP contribution is -2.27. The van der Waals surface area contributed by atoms with Crippen LogP contribution in [0.5, 0.6) is 0 Å². The van der Waals surface area contributed by atoms with Gasteiger partial charge in [-0.05, 0) is 67.1 Å². The molecule has 1 aliphatic heterocycles. The van der Waals surface area contributed by atoms with Gasteiger partial charge in [0, 0.05) is 22.1 Å². The van der Waals surface area contributed by atoms with E-state index in [0.717, 1.165) is 40.0 Å². The molecule has 6 heteroatoms. The number of nitrogens with zero attached hydrogens (tertiary/aromatic N) is 2. The summed E-state index contributed by atoms with van der Waals surface area (Å²) in [7, 11) is 0. The van der Waals surface area contributed by atoms with Crippen LogP contribution in [-0.2, 0) is 11.3 Å². The molecule has 2 heterocycles. The molecule has 1 saturated heterocycles. The zero-order chi connectivity index (χ0) is 20.5. The average molecular weight is 423 g/mol. The fourth-order valence-corrected chi connectivity index (χ4v) is 4.51. The highest BCUT2D eigenvalue weighted by atomic mass is 35.5. The molecule has 146 valence electrons. The van der Waals surface area contributed by atoms with Crippen molar-refractivity contribution in [2.24, 2.45) is 0 Å². The first kappa shape index (κ1) is 19.6. The molecule has 0 N–H and O–H groups in total. The lowest BCUT2D eigenvalue weighted by Gasteiger charge is -2.13. The van der Waals surface area contributed by atoms with Gasteiger partial charge >= 0.3 is 0 Å². The predicted molar refractivity (Wildman–Crippen MR) is 118 cm³/mol. The maximum Gasteiger partial charge on any atom is 0.293 e. The first-order valence-corrected chi connectivity index (χ1v) is 10.4. The van der Waals surface area contributed by atoms with Crippen molar-refractivity contribution in [1.29, 1.82) is 0 Å². The Hall–Kier alpha value is -2.76. The van der Waals surface area contributed by atoms with E-state index in [0.29, 0.717) is 9.93 Å². The Morgan fingerprint density at radius 3 is 2.41 bits per heavy atom. The van der Waals surface area contributed by atoms with E-state index in [-0.39, 0.29) is 17.7 Å². The summed E-state index contributed by atoms with van der Waals surface area (Å²) in [5.41, 5.74) is 4.82. The van der Waals surface area contributed by atoms with Gasteiger partial charge in [0.15, 0.2) is 0 Å². The minimum absolute atomic E-state index is 0.171. The molecular formula is C23H19ClN2O2S. The third-order valence-electron chi connectivity index (χ3n) is 4.93. The van der Waals surface area contributed by atoms with Crippen LogP contribution in [0.3, 0.4) is 0 Å². The van der Waals surface area contributed by atoms with Gasteiger partial charge in [-0.3, -0.25) is 14.5 Å². The highest BCUT2D eigenvalue weighted by molar-refractivity contribution is 8.18. The number of benzene rings is 2. The van der Waals surface area contributed by atoms with Crippen molar-refractivity contribution in [2.75, 3.05) is 0 Å². The largest absolute Gasteiger partial charge is 0.318 e. The Bertz CT molecular complexity index is 1140. The molecule has 0 bridgehead atoms. The standard InChI is InChI=1S/C23H19ClN2O2S/c1-15-12-18(16(2)26(15)19-9-4-3-5-10-19)13-21-22(27)25(23(28)29-21)14-17-8-6-7-11-20(17)24/h3-13H,14H2,1-2H3/b21-13-. The topological polar surface area (TPSA) is 42.3 Å². The van der Waals surface area contributed by atoms with Crippen molar-refractivity contribution >= 4 is 40.6 Å². The van der Waals surface area contributed by atoms with Crippen LogP contribution in [0.2, 0.25) is 5.02 Å². The fourth-order valence-electron chi connectivity index (χ4n) is 3.48. The number of hydrogen-bond donors (Lipinski definition) is 0. The van der Waals surface area contributed by atoms with Gasteiger partial charge in [-0.15, -0.1) is 0 Å². The predicted octanol–water partition coefficient (Wildman–Crippen LogP) is 5.98. The van der Waals surface area contributed by atoms with Gasteiger partial charge in [-0.2, -0.15) is 0 Å². The number of thioether (sulfide) groups is 1. The lowest BCUT2D eigenvalue weighted by molar-refractivity contribution is -0.123. The Labute approximate surface area is 178 Å². The average Bonchev–Trinajstić information content (AvgIpc) is 3.13. The molecule has 0 aliphatic carbocycles. The summed E-state index contributed by atoms with van der Waals surface area (Å²) in [5, 5.41) is 0.264. The normalized spacial score (nSPS) is 15.6. The number of aromatic nitrogens is 1. The van der Waals surface area contributed by atoms with Crippen LogP contribution in [0.25, 0.3) is 11.8 Å². The summed E-state index contributed by atoms with van der Waals surface area (Å²) in [6.45, 7) is 4.21. The summed E-state index contributed by atoms with van der Waals surface area (Å²) in [5.74, 6) is -0.288. The Kier molecular flexibility index (Phi) is 5.35. The van der Waals surface area contributed by atoms with Crippen molar-refractivity contribution in [2.45, 2.75) is 20.4 Å². The molecule has 29 heavy (non-hydrogen) atoms. The Morgan fingerprint density at radius 1 is 1.00 bits per heavy atom. The number of amides is 2. The maximum atomic E-state index is 12.9. The van der Waals surface area contributed by atoms with E-state index >= 15 is 0 Å². The van der Waals surface area contributed by atoms with Gasteiger partial charge in [0.25, 0.3) is 11.1 Å². The number of para-hydroxylation sites is 1. The van der Waals surface area contributed by atoms with E-state index in [2.05, 4.69) is 4.57 Å². The van der Waals surface area contributed by atoms with E-state index < -0.39 is 0 Å². The molecule has 2 amide bonds. The molecule has 0 spiro atoms. The van der Waals surface area contributed by atoms with Crippen LogP contribution in [0.1, 0.15) is 22.5 Å². The van der Waals surface area contributed by atoms with Gasteiger partial charge in [-0.25, -0.2) is 0 Å². The number of carbonyl (C=O) groups excluding carboxylic acids is 2. The van der Waals surface area contributed by atoms with Gasteiger partial charge in [0.05, 0.1) is 11.4 Å². The summed E-state index contributed by atoms with van der Waals surface area (Å²) in [4.78, 5) is 27.0. The highest BCUT2D eigenvalue weighted by Crippen LogP contribution is 2.35. The second-order valence-electron chi connectivity index (χ2n) is 6.86. The number of rotatable bonds is 4. The smallest absolute Gasteiger partial charge is 0.293 e. The third kappa shape index (κ3) is 3.76. The van der Waals surface area contributed by atoms with Crippen molar-refractivity contribution < 1.29 is 9.59 Å². The molecule has 4 rings (SSSR count). The van der Waals surface area contributed by atoms with Crippen LogP contribution < -0.4 is 0 Å². The van der Waals surface area contributed by atoms with Crippen LogP contribution in [0.4, 0.5) is 4.79 Å². The highest BCUT2D eigenvalue weighted by Gasteiger charge is 2.35. The molecule has 0 saturated carbocycles. The number of aryl methyl sites for hydroxylation is 1. The molecule has 0 unspecified atom stereocenters. The first-order chi connectivity index (χ1) is 14.0. The van der Waals surface area contributed by atoms with Gasteiger partial charge in [-0.1, -0.05) is 48.0 Å². The number of imide groups is 1. The van der Waals surface area contributed by atoms with Crippen LogP contribution >= 0.6 is 23.4 Å². The van der Waals surface area contributed by atoms with Crippen molar-refractivity contribution in [1.82, 2.24) is 9.47 Å². The zero-order valence-corrected chi connectivity index (χ0v) is 17.6. The molecule has 2 aromatic carbocycles. The molecule has 1 aromatic heterocycles. The van der Waals surface area contributed by atoms with Crippen molar-refractivity contribution in [3.8, 4) is 5.69 Å². The second-order valence-corrected chi connectivity index (χ2v) is 8.26. The van der Waals surface area contributed by atoms with Crippen LogP contribution in [0, 0.1) is 13.8 Å². The van der Waals surface area contributed by atoms with E-state index in [1.165, 1.54) is 4.90 Å². The second kappa shape index (κ2) is 7.93. The number of carbonyl (C=O) groups is 2. The van der Waals surface area contributed by atoms with Gasteiger partial charge < -0.3 is 4.57 Å². The third-order valence-corrected chi connectivity index (χ3v) is 6.21. The Morgan fingerprint density at radius 2 is 1.69 bits per heavy atom. The van der Waals surface area contributed by atoms with Crippen LogP contribution in [-0.4, -0.2) is 20.6 Å². The van der Waals surface area contributed by atoms with E-state index in [1.807, 2.05) is 68.4 Å². The van der Waals surface area contributed by atoms with E-state index in [9.17, 15) is 9.59 Å². The fraction of sp³-hybridized carbons (Fsp3) is 0.130. The minimum Gasteiger partial charge on any atom is -0.318 e. The molecular weight excluding hydrogens is 404 g/mol. The molecule has 3 aromatic rings. The number of hydrogen-bond acceptors (Lipinski definition) is 3. The van der Waals surface area contributed by atoms with Gasteiger partial charge in [0.2, 0.25) is 0 Å². The van der Waals surface area contributed by atoms with Crippen molar-refractivity contribution in [3.05, 3.63) is 93.1 Å². The van der Waals surface area contributed by atoms with E-state index in [1.54, 1.807) is 12.1 Å². The molecule has 0 atom stereocenters. The lowest BCUT2D eigenvalue weighted by atomic mass is 10.2. The van der Waals surface area contributed by atoms with E-state index in [4.69, 9.17) is 11.6 Å². The molecule has 0 radical (unpaired) electrons. The molecule has 1 aliphatic rings. The van der Waals surface area contributed by atoms with Crippen molar-refractivity contribution in [3.63, 3.8) is 0 Å². The summed E-state index contributed by atoms with van der Waals surface area (Å²) in [6.07, 6.45) is 1.80. The SMILES string of the molecule is Cc1cc(/C=C2\SC(=O)N(Cc3ccccc3Cl)C2=O)c(C)n1-c1ccccc1. The summed E-state index contributed by atoms with van der Waals surface area (Å²) >= 11 is 7.16. The summed E-state index contributed by atoms with van der Waals surface area (Å²) in [6, 6.07) is 19.3. The quantitative estimate of drug-likeness (QED) is 0.485. The summed E-state index contributed by atoms with van der Waals surface area (Å²) < 4.78 is 2.14. The minimum atomic E-state index is -0.288. The number of halogens is 1. The monoisotopic (exact) mass is 422 g/mol. The van der Waals surface area contributed by atoms with Gasteiger partial charge in [0.1, 0.15) is 0 Å². The Balaban J connectivity index is 1.64. The molecule has 1 fully saturated rings.